The van der Waals surface area contributed by atoms with Crippen LogP contribution in [0.15, 0.2) is 0 Å². The maximum Gasteiger partial charge on any atom is 0.132 e. The first-order valence-corrected chi connectivity index (χ1v) is 7.36. The molecule has 0 amide bonds. The molecule has 0 N–H and O–H groups in total. The molecule has 0 aliphatic heterocycles. The normalized spacial score (nSPS) is 29.2. The summed E-state index contributed by atoms with van der Waals surface area (Å²) >= 11 is 0. The molecule has 1 aliphatic rings. The van der Waals surface area contributed by atoms with Gasteiger partial charge < -0.3 is 0 Å². The number of carbonyl (C=O) groups is 1. The van der Waals surface area contributed by atoms with Gasteiger partial charge in [-0.25, -0.2) is 0 Å². The van der Waals surface area contributed by atoms with Crippen molar-refractivity contribution < 1.29 is 4.79 Å². The van der Waals surface area contributed by atoms with E-state index in [2.05, 4.69) is 27.7 Å². The zero-order valence-electron chi connectivity index (χ0n) is 12.4. The third kappa shape index (κ3) is 3.82. The predicted octanol–water partition coefficient (Wildman–Crippen LogP) is 4.84. The molecule has 1 nitrogen and oxygen atoms in total. The second-order valence-corrected chi connectivity index (χ2v) is 6.79. The summed E-state index contributed by atoms with van der Waals surface area (Å²) in [6.45, 7) is 11.1. The van der Waals surface area contributed by atoms with E-state index in [1.807, 2.05) is 0 Å². The van der Waals surface area contributed by atoms with Gasteiger partial charge in [0.15, 0.2) is 0 Å². The Balaban J connectivity index is 2.22. The summed E-state index contributed by atoms with van der Waals surface area (Å²) in [5.41, 5.74) is 0.534. The van der Waals surface area contributed by atoms with Crippen LogP contribution < -0.4 is 0 Å². The number of ketones is 1. The van der Waals surface area contributed by atoms with Crippen molar-refractivity contribution in [1.82, 2.24) is 0 Å². The molecule has 100 valence electrons. The molecular formula is C16H30O. The minimum absolute atomic E-state index is 0.269. The summed E-state index contributed by atoms with van der Waals surface area (Å²) in [4.78, 5) is 11.1. The topological polar surface area (TPSA) is 17.1 Å². The van der Waals surface area contributed by atoms with Crippen molar-refractivity contribution >= 4 is 5.78 Å². The van der Waals surface area contributed by atoms with Crippen molar-refractivity contribution in [1.29, 1.82) is 0 Å². The Bertz CT molecular complexity index is 254. The largest absolute Gasteiger partial charge is 0.300 e. The first kappa shape index (κ1) is 14.7. The summed E-state index contributed by atoms with van der Waals surface area (Å²) in [5, 5.41) is 0. The molecule has 0 heterocycles. The van der Waals surface area contributed by atoms with Gasteiger partial charge in [-0.05, 0) is 49.9 Å². The Hall–Kier alpha value is -0.330. The van der Waals surface area contributed by atoms with Gasteiger partial charge in [-0.2, -0.15) is 0 Å². The number of carbonyl (C=O) groups excluding carboxylic acids is 1. The van der Waals surface area contributed by atoms with Gasteiger partial charge in [-0.3, -0.25) is 4.79 Å². The number of hydrogen-bond donors (Lipinski definition) is 0. The molecular weight excluding hydrogens is 208 g/mol. The smallest absolute Gasteiger partial charge is 0.132 e. The Morgan fingerprint density at radius 2 is 1.94 bits per heavy atom. The van der Waals surface area contributed by atoms with E-state index in [9.17, 15) is 4.79 Å². The summed E-state index contributed by atoms with van der Waals surface area (Å²) in [6, 6.07) is 0. The fourth-order valence-corrected chi connectivity index (χ4v) is 3.16. The standard InChI is InChI=1S/C16H30O/c1-12(14(3)17)8-6-7-9-15-11-10-13(2)16(15,4)5/h12-13,15H,6-11H2,1-5H3. The minimum Gasteiger partial charge on any atom is -0.300 e. The van der Waals surface area contributed by atoms with Crippen molar-refractivity contribution in [3.05, 3.63) is 0 Å². The molecule has 1 aliphatic carbocycles. The highest BCUT2D eigenvalue weighted by atomic mass is 16.1. The number of hydrogen-bond acceptors (Lipinski definition) is 1. The summed E-state index contributed by atoms with van der Waals surface area (Å²) in [7, 11) is 0. The lowest BCUT2D eigenvalue weighted by Crippen LogP contribution is -2.23. The number of Topliss-reactive ketones (excluding diaryl/α,β-unsaturated/α-hetero) is 1. The average Bonchev–Trinajstić information content (AvgIpc) is 2.49. The van der Waals surface area contributed by atoms with Crippen LogP contribution in [0, 0.1) is 23.2 Å². The summed E-state index contributed by atoms with van der Waals surface area (Å²) in [5.74, 6) is 2.40. The highest BCUT2D eigenvalue weighted by Gasteiger charge is 2.39. The molecule has 1 rings (SSSR count). The van der Waals surface area contributed by atoms with E-state index < -0.39 is 0 Å². The molecule has 0 saturated heterocycles. The van der Waals surface area contributed by atoms with E-state index in [1.54, 1.807) is 6.92 Å². The van der Waals surface area contributed by atoms with Crippen LogP contribution in [0.2, 0.25) is 0 Å². The third-order valence-corrected chi connectivity index (χ3v) is 5.40. The summed E-state index contributed by atoms with van der Waals surface area (Å²) in [6.07, 6.45) is 7.79. The van der Waals surface area contributed by atoms with Crippen LogP contribution in [0.25, 0.3) is 0 Å². The molecule has 0 aromatic rings. The quantitative estimate of drug-likeness (QED) is 0.605. The molecule has 1 heteroatoms. The maximum absolute atomic E-state index is 11.1. The molecule has 0 bridgehead atoms. The van der Waals surface area contributed by atoms with Gasteiger partial charge in [0.25, 0.3) is 0 Å². The van der Waals surface area contributed by atoms with Crippen molar-refractivity contribution in [3.63, 3.8) is 0 Å². The molecule has 17 heavy (non-hydrogen) atoms. The van der Waals surface area contributed by atoms with Gasteiger partial charge in [0.2, 0.25) is 0 Å². The minimum atomic E-state index is 0.269. The second kappa shape index (κ2) is 6.02. The number of rotatable bonds is 6. The fourth-order valence-electron chi connectivity index (χ4n) is 3.16. The van der Waals surface area contributed by atoms with E-state index in [4.69, 9.17) is 0 Å². The van der Waals surface area contributed by atoms with Gasteiger partial charge in [0, 0.05) is 5.92 Å². The second-order valence-electron chi connectivity index (χ2n) is 6.79. The van der Waals surface area contributed by atoms with Gasteiger partial charge in [0.1, 0.15) is 5.78 Å². The summed E-state index contributed by atoms with van der Waals surface area (Å²) < 4.78 is 0. The van der Waals surface area contributed by atoms with Gasteiger partial charge in [-0.15, -0.1) is 0 Å². The molecule has 0 aromatic heterocycles. The SMILES string of the molecule is CC(=O)C(C)CCCCC1CCC(C)C1(C)C. The average molecular weight is 238 g/mol. The molecule has 3 unspecified atom stereocenters. The maximum atomic E-state index is 11.1. The van der Waals surface area contributed by atoms with Crippen LogP contribution in [0.4, 0.5) is 0 Å². The molecule has 1 fully saturated rings. The number of unbranched alkanes of at least 4 members (excludes halogenated alkanes) is 1. The first-order valence-electron chi connectivity index (χ1n) is 7.36. The molecule has 0 spiro atoms. The third-order valence-electron chi connectivity index (χ3n) is 5.40. The molecule has 3 atom stereocenters. The van der Waals surface area contributed by atoms with Gasteiger partial charge in [0.05, 0.1) is 0 Å². The van der Waals surface area contributed by atoms with E-state index in [0.717, 1.165) is 18.3 Å². The van der Waals surface area contributed by atoms with Crippen LogP contribution in [-0.4, -0.2) is 5.78 Å². The van der Waals surface area contributed by atoms with Crippen molar-refractivity contribution in [2.75, 3.05) is 0 Å². The lowest BCUT2D eigenvalue weighted by molar-refractivity contribution is -0.120. The van der Waals surface area contributed by atoms with Crippen LogP contribution >= 0.6 is 0 Å². The van der Waals surface area contributed by atoms with Crippen molar-refractivity contribution in [2.24, 2.45) is 23.2 Å². The molecule has 1 saturated carbocycles. The van der Waals surface area contributed by atoms with Crippen LogP contribution in [0.5, 0.6) is 0 Å². The zero-order chi connectivity index (χ0) is 13.1. The van der Waals surface area contributed by atoms with Crippen LogP contribution in [0.1, 0.15) is 73.1 Å². The van der Waals surface area contributed by atoms with Crippen LogP contribution in [0.3, 0.4) is 0 Å². The lowest BCUT2D eigenvalue weighted by atomic mass is 9.74. The van der Waals surface area contributed by atoms with E-state index in [-0.39, 0.29) is 5.92 Å². The van der Waals surface area contributed by atoms with Crippen molar-refractivity contribution in [2.45, 2.75) is 73.1 Å². The van der Waals surface area contributed by atoms with E-state index >= 15 is 0 Å². The Morgan fingerprint density at radius 3 is 2.41 bits per heavy atom. The van der Waals surface area contributed by atoms with Gasteiger partial charge in [-0.1, -0.05) is 40.5 Å². The Labute approximate surface area is 107 Å². The first-order chi connectivity index (χ1) is 7.85. The van der Waals surface area contributed by atoms with E-state index in [0.29, 0.717) is 11.2 Å². The van der Waals surface area contributed by atoms with Gasteiger partial charge >= 0.3 is 0 Å². The molecule has 0 aromatic carbocycles. The zero-order valence-corrected chi connectivity index (χ0v) is 12.4. The predicted molar refractivity (Wildman–Crippen MR) is 74.0 cm³/mol. The molecule has 0 radical (unpaired) electrons. The lowest BCUT2D eigenvalue weighted by Gasteiger charge is -2.31. The Morgan fingerprint density at radius 1 is 1.29 bits per heavy atom. The van der Waals surface area contributed by atoms with Crippen molar-refractivity contribution in [3.8, 4) is 0 Å². The van der Waals surface area contributed by atoms with E-state index in [1.165, 1.54) is 32.1 Å². The fraction of sp³-hybridized carbons (Fsp3) is 0.938. The Kier molecular flexibility index (Phi) is 5.22. The monoisotopic (exact) mass is 238 g/mol. The van der Waals surface area contributed by atoms with Crippen LogP contribution in [-0.2, 0) is 4.79 Å². The highest BCUT2D eigenvalue weighted by Crippen LogP contribution is 2.49. The highest BCUT2D eigenvalue weighted by molar-refractivity contribution is 5.77.